The third-order valence-corrected chi connectivity index (χ3v) is 8.04. The van der Waals surface area contributed by atoms with Gasteiger partial charge in [0.1, 0.15) is 5.75 Å². The van der Waals surface area contributed by atoms with Crippen LogP contribution < -0.4 is 9.46 Å². The number of aromatic nitrogens is 2. The highest BCUT2D eigenvalue weighted by Crippen LogP contribution is 2.40. The zero-order chi connectivity index (χ0) is 23.2. The molecule has 0 spiro atoms. The van der Waals surface area contributed by atoms with E-state index < -0.39 is 10.0 Å². The normalized spacial score (nSPS) is 28.9. The number of hydrogen-bond acceptors (Lipinski definition) is 6. The van der Waals surface area contributed by atoms with Crippen molar-refractivity contribution in [2.45, 2.75) is 62.6 Å². The Morgan fingerprint density at radius 2 is 1.94 bits per heavy atom. The number of rotatable bonds is 2. The molecule has 1 aliphatic carbocycles. The number of aryl methyl sites for hydroxylation is 1. The summed E-state index contributed by atoms with van der Waals surface area (Å²) in [6.45, 7) is 0.810. The molecule has 2 fully saturated rings. The van der Waals surface area contributed by atoms with Crippen LogP contribution in [0.1, 0.15) is 50.0 Å². The Morgan fingerprint density at radius 1 is 1.15 bits per heavy atom. The first-order valence-corrected chi connectivity index (χ1v) is 13.6. The summed E-state index contributed by atoms with van der Waals surface area (Å²) in [5.41, 5.74) is 2.10. The molecule has 180 valence electrons. The molecule has 2 atom stereocenters. The Balaban J connectivity index is 1.48. The zero-order valence-corrected chi connectivity index (χ0v) is 20.0. The monoisotopic (exact) mass is 476 g/mol. The topological polar surface area (TPSA) is 103 Å². The Labute approximate surface area is 194 Å². The first kappa shape index (κ1) is 22.6. The number of amides is 1. The van der Waals surface area contributed by atoms with Gasteiger partial charge < -0.3 is 14.4 Å². The van der Waals surface area contributed by atoms with Gasteiger partial charge in [0.2, 0.25) is 10.0 Å². The van der Waals surface area contributed by atoms with Crippen molar-refractivity contribution in [1.82, 2.24) is 19.4 Å². The van der Waals surface area contributed by atoms with E-state index in [4.69, 9.17) is 9.47 Å². The van der Waals surface area contributed by atoms with Crippen molar-refractivity contribution in [3.63, 3.8) is 0 Å². The fourth-order valence-electron chi connectivity index (χ4n) is 5.62. The second-order valence-electron chi connectivity index (χ2n) is 9.61. The summed E-state index contributed by atoms with van der Waals surface area (Å²) in [7, 11) is -1.50. The minimum atomic E-state index is -3.40. The molecule has 4 heterocycles. The number of nitrogens with zero attached hydrogens (tertiary/aromatic N) is 3. The van der Waals surface area contributed by atoms with Gasteiger partial charge in [-0.2, -0.15) is 5.10 Å². The van der Waals surface area contributed by atoms with Crippen LogP contribution in [0.5, 0.6) is 5.75 Å². The van der Waals surface area contributed by atoms with Gasteiger partial charge in [-0.1, -0.05) is 0 Å². The predicted molar refractivity (Wildman–Crippen MR) is 124 cm³/mol. The number of fused-ring (bicyclic) bond motifs is 6. The molecule has 4 aliphatic rings. The number of piperidine rings is 1. The summed E-state index contributed by atoms with van der Waals surface area (Å²) < 4.78 is 40.9. The molecular formula is C23H32N4O5S. The van der Waals surface area contributed by atoms with Gasteiger partial charge in [-0.05, 0) is 56.1 Å². The van der Waals surface area contributed by atoms with Crippen LogP contribution >= 0.6 is 0 Å². The lowest BCUT2D eigenvalue weighted by molar-refractivity contribution is -0.140. The molecule has 10 heteroatoms. The fourth-order valence-corrected chi connectivity index (χ4v) is 6.45. The third kappa shape index (κ3) is 4.74. The molecular weight excluding hydrogens is 444 g/mol. The van der Waals surface area contributed by atoms with Crippen LogP contribution in [0.15, 0.2) is 18.3 Å². The maximum Gasteiger partial charge on any atom is 0.260 e. The number of carbonyl (C=O) groups is 1. The zero-order valence-electron chi connectivity index (χ0n) is 19.2. The largest absolute Gasteiger partial charge is 0.483 e. The average molecular weight is 477 g/mol. The van der Waals surface area contributed by atoms with Crippen molar-refractivity contribution in [2.24, 2.45) is 7.05 Å². The molecule has 0 radical (unpaired) electrons. The van der Waals surface area contributed by atoms with E-state index in [1.165, 1.54) is 0 Å². The van der Waals surface area contributed by atoms with Gasteiger partial charge in [0.05, 0.1) is 36.7 Å². The Morgan fingerprint density at radius 3 is 2.70 bits per heavy atom. The molecule has 1 amide bonds. The van der Waals surface area contributed by atoms with Crippen LogP contribution in [0.3, 0.4) is 0 Å². The van der Waals surface area contributed by atoms with Gasteiger partial charge in [0.15, 0.2) is 6.61 Å². The standard InChI is InChI=1S/C23H32N4O5S/c1-26-20-11-22-18(10-16(20)12-24-26)15-5-7-17(8-6-15)31-13-21-19(25-33(2,29)30)4-3-9-27(21)23(28)14-32-22/h10-12,15,17,19,21,25H,3-9,13-14H2,1-2H3/t15?,17?,19-,21?/m0/s1. The number of benzene rings is 1. The predicted octanol–water partition coefficient (Wildman–Crippen LogP) is 1.92. The lowest BCUT2D eigenvalue weighted by Crippen LogP contribution is -2.59. The third-order valence-electron chi connectivity index (χ3n) is 7.31. The molecule has 1 aromatic carbocycles. The number of carbonyl (C=O) groups excluding carboxylic acids is 1. The molecule has 1 N–H and O–H groups in total. The van der Waals surface area contributed by atoms with Crippen LogP contribution in [0.2, 0.25) is 0 Å². The van der Waals surface area contributed by atoms with E-state index in [-0.39, 0.29) is 30.7 Å². The van der Waals surface area contributed by atoms with Gasteiger partial charge in [0.25, 0.3) is 5.91 Å². The molecule has 1 aromatic heterocycles. The van der Waals surface area contributed by atoms with E-state index in [1.54, 1.807) is 4.90 Å². The van der Waals surface area contributed by atoms with Crippen molar-refractivity contribution in [3.05, 3.63) is 23.9 Å². The van der Waals surface area contributed by atoms with Crippen molar-refractivity contribution >= 4 is 26.8 Å². The Hall–Kier alpha value is -2.17. The number of hydrogen-bond donors (Lipinski definition) is 1. The van der Waals surface area contributed by atoms with Crippen molar-refractivity contribution < 1.29 is 22.7 Å². The maximum atomic E-state index is 13.3. The lowest BCUT2D eigenvalue weighted by atomic mass is 9.82. The highest BCUT2D eigenvalue weighted by Gasteiger charge is 2.37. The smallest absolute Gasteiger partial charge is 0.260 e. The Bertz CT molecular complexity index is 1140. The van der Waals surface area contributed by atoms with Gasteiger partial charge >= 0.3 is 0 Å². The molecule has 1 saturated heterocycles. The van der Waals surface area contributed by atoms with E-state index in [1.807, 2.05) is 24.0 Å². The quantitative estimate of drug-likeness (QED) is 0.710. The highest BCUT2D eigenvalue weighted by molar-refractivity contribution is 7.88. The molecule has 1 unspecified atom stereocenters. The van der Waals surface area contributed by atoms with Crippen LogP contribution in [0.25, 0.3) is 10.9 Å². The minimum absolute atomic E-state index is 0.0887. The molecule has 6 rings (SSSR count). The van der Waals surface area contributed by atoms with Gasteiger partial charge in [-0.3, -0.25) is 9.48 Å². The molecule has 2 aromatic rings. The summed E-state index contributed by atoms with van der Waals surface area (Å²) in [6, 6.07) is 3.45. The first-order chi connectivity index (χ1) is 15.8. The molecule has 1 saturated carbocycles. The second-order valence-corrected chi connectivity index (χ2v) is 11.4. The molecule has 9 nitrogen and oxygen atoms in total. The van der Waals surface area contributed by atoms with Crippen molar-refractivity contribution in [3.8, 4) is 5.75 Å². The molecule has 3 aliphatic heterocycles. The summed E-state index contributed by atoms with van der Waals surface area (Å²) in [4.78, 5) is 15.0. The van der Waals surface area contributed by atoms with Gasteiger partial charge in [-0.25, -0.2) is 13.1 Å². The van der Waals surface area contributed by atoms with Crippen LogP contribution in [-0.2, 0) is 26.6 Å². The van der Waals surface area contributed by atoms with E-state index >= 15 is 0 Å². The summed E-state index contributed by atoms with van der Waals surface area (Å²) in [5, 5.41) is 5.44. The second kappa shape index (κ2) is 8.88. The first-order valence-electron chi connectivity index (χ1n) is 11.8. The SMILES string of the molecule is Cn1ncc2cc3c(cc21)OCC(=O)N1CCC[C@H](NS(C)(=O)=O)C1COC1CCC3CC1. The minimum Gasteiger partial charge on any atom is -0.483 e. The summed E-state index contributed by atoms with van der Waals surface area (Å²) >= 11 is 0. The maximum absolute atomic E-state index is 13.3. The lowest BCUT2D eigenvalue weighted by Gasteiger charge is -2.41. The van der Waals surface area contributed by atoms with Crippen LogP contribution in [0, 0.1) is 0 Å². The van der Waals surface area contributed by atoms with E-state index in [0.29, 0.717) is 25.5 Å². The number of sulfonamides is 1. The van der Waals surface area contributed by atoms with Crippen LogP contribution in [0.4, 0.5) is 0 Å². The Kier molecular flexibility index (Phi) is 6.09. The van der Waals surface area contributed by atoms with E-state index in [9.17, 15) is 13.2 Å². The summed E-state index contributed by atoms with van der Waals surface area (Å²) in [6.07, 6.45) is 8.39. The van der Waals surface area contributed by atoms with Crippen molar-refractivity contribution in [1.29, 1.82) is 0 Å². The van der Waals surface area contributed by atoms with E-state index in [2.05, 4.69) is 15.9 Å². The number of nitrogens with one attached hydrogen (secondary N) is 1. The van der Waals surface area contributed by atoms with Gasteiger partial charge in [-0.15, -0.1) is 0 Å². The average Bonchev–Trinajstić information content (AvgIpc) is 3.15. The highest BCUT2D eigenvalue weighted by atomic mass is 32.2. The van der Waals surface area contributed by atoms with Crippen molar-refractivity contribution in [2.75, 3.05) is 26.0 Å². The number of ether oxygens (including phenoxy) is 2. The van der Waals surface area contributed by atoms with Gasteiger partial charge in [0, 0.05) is 31.1 Å². The molecule has 33 heavy (non-hydrogen) atoms. The fraction of sp³-hybridized carbons (Fsp3) is 0.652. The van der Waals surface area contributed by atoms with Crippen LogP contribution in [-0.4, -0.2) is 73.2 Å². The van der Waals surface area contributed by atoms with E-state index in [0.717, 1.165) is 60.6 Å². The summed E-state index contributed by atoms with van der Waals surface area (Å²) in [5.74, 6) is 0.941. The molecule has 2 bridgehead atoms.